The number of halogens is 6. The molecule has 0 aliphatic rings. The highest BCUT2D eigenvalue weighted by molar-refractivity contribution is 9.12. The van der Waals surface area contributed by atoms with E-state index in [4.69, 9.17) is 36.8 Å². The molecule has 0 heterocycles. The molecule has 0 aromatic heterocycles. The van der Waals surface area contributed by atoms with Gasteiger partial charge in [-0.1, -0.05) is 63.7 Å². The smallest absolute Gasteiger partial charge is 0.287 e. The van der Waals surface area contributed by atoms with Crippen LogP contribution in [0.5, 0.6) is 0 Å². The zero-order valence-corrected chi connectivity index (χ0v) is 19.1. The first-order valence-corrected chi connectivity index (χ1v) is 12.0. The summed E-state index contributed by atoms with van der Waals surface area (Å²) in [6, 6.07) is 0. The SMILES string of the molecule is O=P(OCCC(Cl)Cl)(OCC(Br)CBr)OCC(Br)CBr. The van der Waals surface area contributed by atoms with Gasteiger partial charge in [-0.15, -0.1) is 23.2 Å². The summed E-state index contributed by atoms with van der Waals surface area (Å²) in [5.74, 6) is 0. The second-order valence-corrected chi connectivity index (χ2v) is 10.4. The van der Waals surface area contributed by atoms with Gasteiger partial charge in [-0.2, -0.15) is 0 Å². The van der Waals surface area contributed by atoms with Gasteiger partial charge in [0.15, 0.2) is 0 Å². The average molecular weight is 609 g/mol. The van der Waals surface area contributed by atoms with Crippen LogP contribution in [0, 0.1) is 0 Å². The van der Waals surface area contributed by atoms with Crippen LogP contribution in [0.25, 0.3) is 0 Å². The Morgan fingerprint density at radius 3 is 1.75 bits per heavy atom. The van der Waals surface area contributed by atoms with E-state index in [0.717, 1.165) is 0 Å². The van der Waals surface area contributed by atoms with Gasteiger partial charge in [0.1, 0.15) is 4.84 Å². The molecule has 0 aliphatic carbocycles. The third-order valence-electron chi connectivity index (χ3n) is 1.75. The highest BCUT2D eigenvalue weighted by atomic mass is 79.9. The number of hydrogen-bond acceptors (Lipinski definition) is 4. The second-order valence-electron chi connectivity index (χ2n) is 3.55. The molecule has 0 saturated heterocycles. The van der Waals surface area contributed by atoms with Crippen molar-refractivity contribution in [3.05, 3.63) is 0 Å². The first kappa shape index (κ1) is 22.6. The van der Waals surface area contributed by atoms with Crippen LogP contribution in [-0.2, 0) is 18.1 Å². The van der Waals surface area contributed by atoms with Crippen LogP contribution in [0.15, 0.2) is 0 Å². The minimum absolute atomic E-state index is 0.00719. The molecular weight excluding hydrogens is 594 g/mol. The fourth-order valence-electron chi connectivity index (χ4n) is 0.799. The molecule has 0 aromatic carbocycles. The quantitative estimate of drug-likeness (QED) is 0.212. The maximum absolute atomic E-state index is 12.4. The number of hydrogen-bond donors (Lipinski definition) is 0. The van der Waals surface area contributed by atoms with E-state index < -0.39 is 12.7 Å². The molecular formula is C9H15Br4Cl2O4P. The number of alkyl halides is 6. The van der Waals surface area contributed by atoms with Crippen molar-refractivity contribution in [2.75, 3.05) is 30.5 Å². The van der Waals surface area contributed by atoms with Gasteiger partial charge >= 0.3 is 7.82 Å². The number of phosphoric ester groups is 1. The molecule has 0 bridgehead atoms. The van der Waals surface area contributed by atoms with E-state index in [-0.39, 0.29) is 29.5 Å². The Hall–Kier alpha value is 2.61. The number of rotatable bonds is 12. The zero-order chi connectivity index (χ0) is 15.6. The first-order valence-electron chi connectivity index (χ1n) is 5.54. The predicted octanol–water partition coefficient (Wildman–Crippen LogP) is 5.65. The second kappa shape index (κ2) is 13.0. The molecule has 4 nitrogen and oxygen atoms in total. The van der Waals surface area contributed by atoms with Crippen LogP contribution >= 0.6 is 94.7 Å². The molecule has 0 aromatic rings. The topological polar surface area (TPSA) is 44.8 Å². The van der Waals surface area contributed by atoms with Crippen LogP contribution in [0.4, 0.5) is 0 Å². The third-order valence-corrected chi connectivity index (χ3v) is 8.09. The lowest BCUT2D eigenvalue weighted by Crippen LogP contribution is -2.15. The summed E-state index contributed by atoms with van der Waals surface area (Å²) in [5.41, 5.74) is 0. The normalized spacial score (nSPS) is 17.9. The summed E-state index contributed by atoms with van der Waals surface area (Å²) >= 11 is 24.5. The number of phosphoric acid groups is 1. The molecule has 20 heavy (non-hydrogen) atoms. The Bertz CT molecular complexity index is 283. The molecule has 0 amide bonds. The molecule has 0 radical (unpaired) electrons. The fourth-order valence-corrected chi connectivity index (χ4v) is 3.30. The Labute approximate surface area is 163 Å². The molecule has 122 valence electrons. The van der Waals surface area contributed by atoms with Crippen molar-refractivity contribution in [3.63, 3.8) is 0 Å². The maximum Gasteiger partial charge on any atom is 0.474 e. The molecule has 0 spiro atoms. The molecule has 0 aliphatic heterocycles. The summed E-state index contributed by atoms with van der Waals surface area (Å²) in [6.07, 6.45) is 0.339. The van der Waals surface area contributed by atoms with Crippen LogP contribution in [0.2, 0.25) is 0 Å². The van der Waals surface area contributed by atoms with Crippen molar-refractivity contribution in [2.45, 2.75) is 20.9 Å². The minimum atomic E-state index is -3.63. The van der Waals surface area contributed by atoms with Crippen LogP contribution in [0.3, 0.4) is 0 Å². The van der Waals surface area contributed by atoms with E-state index in [1.165, 1.54) is 0 Å². The lowest BCUT2D eigenvalue weighted by molar-refractivity contribution is 0.116. The van der Waals surface area contributed by atoms with Crippen LogP contribution < -0.4 is 0 Å². The van der Waals surface area contributed by atoms with Crippen LogP contribution in [-0.4, -0.2) is 45.0 Å². The van der Waals surface area contributed by atoms with Crippen molar-refractivity contribution >= 4 is 94.7 Å². The lowest BCUT2D eigenvalue weighted by Gasteiger charge is -2.20. The Morgan fingerprint density at radius 2 is 1.40 bits per heavy atom. The zero-order valence-electron chi connectivity index (χ0n) is 10.3. The van der Waals surface area contributed by atoms with E-state index >= 15 is 0 Å². The molecule has 11 heteroatoms. The molecule has 0 rings (SSSR count). The van der Waals surface area contributed by atoms with E-state index in [1.807, 2.05) is 0 Å². The van der Waals surface area contributed by atoms with Gasteiger partial charge in [0.05, 0.1) is 19.8 Å². The minimum Gasteiger partial charge on any atom is -0.287 e. The lowest BCUT2D eigenvalue weighted by atomic mass is 10.5. The highest BCUT2D eigenvalue weighted by Crippen LogP contribution is 2.50. The standard InChI is InChI=1S/C9H15Br4Cl2O4P/c10-3-7(12)5-18-20(16,17-2-1-9(14)15)19-6-8(13)4-11/h7-9H,1-6H2. The van der Waals surface area contributed by atoms with E-state index in [0.29, 0.717) is 17.1 Å². The van der Waals surface area contributed by atoms with Crippen molar-refractivity contribution in [2.24, 2.45) is 0 Å². The van der Waals surface area contributed by atoms with Gasteiger partial charge < -0.3 is 0 Å². The van der Waals surface area contributed by atoms with Crippen molar-refractivity contribution in [3.8, 4) is 0 Å². The van der Waals surface area contributed by atoms with Gasteiger partial charge in [-0.25, -0.2) is 4.57 Å². The van der Waals surface area contributed by atoms with Crippen LogP contribution in [0.1, 0.15) is 6.42 Å². The largest absolute Gasteiger partial charge is 0.474 e. The average Bonchev–Trinajstić information content (AvgIpc) is 2.41. The predicted molar refractivity (Wildman–Crippen MR) is 98.6 cm³/mol. The maximum atomic E-state index is 12.4. The molecule has 0 fully saturated rings. The molecule has 2 unspecified atom stereocenters. The van der Waals surface area contributed by atoms with Crippen molar-refractivity contribution in [1.29, 1.82) is 0 Å². The Balaban J connectivity index is 4.37. The summed E-state index contributed by atoms with van der Waals surface area (Å²) in [6.45, 7) is 0.474. The van der Waals surface area contributed by atoms with Gasteiger partial charge in [0.25, 0.3) is 0 Å². The van der Waals surface area contributed by atoms with Gasteiger partial charge in [0, 0.05) is 26.7 Å². The summed E-state index contributed by atoms with van der Waals surface area (Å²) in [5, 5.41) is 1.31. The molecule has 2 atom stereocenters. The molecule has 0 saturated carbocycles. The molecule has 0 N–H and O–H groups in total. The van der Waals surface area contributed by atoms with E-state index in [2.05, 4.69) is 63.7 Å². The first-order chi connectivity index (χ1) is 9.33. The highest BCUT2D eigenvalue weighted by Gasteiger charge is 2.28. The van der Waals surface area contributed by atoms with Crippen molar-refractivity contribution in [1.82, 2.24) is 0 Å². The van der Waals surface area contributed by atoms with Gasteiger partial charge in [0.2, 0.25) is 0 Å². The summed E-state index contributed by atoms with van der Waals surface area (Å²) in [7, 11) is -3.63. The van der Waals surface area contributed by atoms with Crippen molar-refractivity contribution < 1.29 is 18.1 Å². The Kier molecular flexibility index (Phi) is 14.7. The fraction of sp³-hybridized carbons (Fsp3) is 1.00. The Morgan fingerprint density at radius 1 is 0.950 bits per heavy atom. The monoisotopic (exact) mass is 604 g/mol. The summed E-state index contributed by atoms with van der Waals surface area (Å²) < 4.78 is 28.2. The van der Waals surface area contributed by atoms with E-state index in [9.17, 15) is 4.57 Å². The third kappa shape index (κ3) is 12.1. The van der Waals surface area contributed by atoms with Gasteiger partial charge in [-0.05, 0) is 0 Å². The van der Waals surface area contributed by atoms with Gasteiger partial charge in [-0.3, -0.25) is 13.6 Å². The van der Waals surface area contributed by atoms with E-state index in [1.54, 1.807) is 0 Å². The summed E-state index contributed by atoms with van der Waals surface area (Å²) in [4.78, 5) is -0.568.